The topological polar surface area (TPSA) is 127 Å². The molecular weight excluding hydrogens is 394 g/mol. The van der Waals surface area contributed by atoms with Crippen LogP contribution >= 0.6 is 0 Å². The number of H-pyrrole nitrogens is 1. The molecule has 1 saturated heterocycles. The molecule has 8 nitrogen and oxygen atoms in total. The zero-order chi connectivity index (χ0) is 22.6. The Labute approximate surface area is 181 Å². The summed E-state index contributed by atoms with van der Waals surface area (Å²) >= 11 is 0. The van der Waals surface area contributed by atoms with Crippen molar-refractivity contribution in [3.8, 4) is 6.07 Å². The van der Waals surface area contributed by atoms with Crippen LogP contribution in [0.1, 0.15) is 50.5 Å². The minimum atomic E-state index is -0.813. The monoisotopic (exact) mass is 423 g/mol. The van der Waals surface area contributed by atoms with Crippen LogP contribution in [0.3, 0.4) is 0 Å². The lowest BCUT2D eigenvalue weighted by molar-refractivity contribution is -0.125. The second kappa shape index (κ2) is 9.21. The molecule has 0 aliphatic carbocycles. The minimum absolute atomic E-state index is 0.0899. The molecule has 1 aliphatic heterocycles. The van der Waals surface area contributed by atoms with Gasteiger partial charge in [-0.15, -0.1) is 0 Å². The zero-order valence-electron chi connectivity index (χ0n) is 18.1. The van der Waals surface area contributed by atoms with Gasteiger partial charge >= 0.3 is 0 Å². The van der Waals surface area contributed by atoms with E-state index in [4.69, 9.17) is 0 Å². The Morgan fingerprint density at radius 2 is 2.00 bits per heavy atom. The highest BCUT2D eigenvalue weighted by molar-refractivity contribution is 6.00. The molecule has 4 N–H and O–H groups in total. The Bertz CT molecular complexity index is 981. The van der Waals surface area contributed by atoms with Crippen LogP contribution in [0.25, 0.3) is 10.9 Å². The molecule has 0 bridgehead atoms. The quantitative estimate of drug-likeness (QED) is 0.545. The van der Waals surface area contributed by atoms with Gasteiger partial charge in [-0.1, -0.05) is 39.0 Å². The maximum atomic E-state index is 13.0. The van der Waals surface area contributed by atoms with E-state index < -0.39 is 18.0 Å². The molecule has 0 radical (unpaired) electrons. The lowest BCUT2D eigenvalue weighted by Gasteiger charge is -2.27. The second-order valence-corrected chi connectivity index (χ2v) is 9.26. The third-order valence-corrected chi connectivity index (χ3v) is 5.37. The third-order valence-electron chi connectivity index (χ3n) is 5.37. The van der Waals surface area contributed by atoms with Crippen LogP contribution in [0.5, 0.6) is 0 Å². The van der Waals surface area contributed by atoms with E-state index in [1.807, 2.05) is 45.0 Å². The second-order valence-electron chi connectivity index (χ2n) is 9.26. The summed E-state index contributed by atoms with van der Waals surface area (Å²) in [6.07, 6.45) is 1.30. The SMILES string of the molecule is CC(C)(C)C[C@H](NC(=O)c1cc2ccccc2[nH]1)C(=O)N[C@H](C#N)C[C@@H]1CCNC1=O. The van der Waals surface area contributed by atoms with Gasteiger partial charge in [0.1, 0.15) is 17.8 Å². The zero-order valence-corrected chi connectivity index (χ0v) is 18.1. The number of hydrogen-bond donors (Lipinski definition) is 4. The van der Waals surface area contributed by atoms with Gasteiger partial charge in [0.05, 0.1) is 6.07 Å². The van der Waals surface area contributed by atoms with E-state index in [2.05, 4.69) is 27.0 Å². The molecule has 0 spiro atoms. The van der Waals surface area contributed by atoms with Gasteiger partial charge in [0.25, 0.3) is 5.91 Å². The van der Waals surface area contributed by atoms with E-state index in [1.54, 1.807) is 6.07 Å². The number of fused-ring (bicyclic) bond motifs is 1. The molecule has 1 aliphatic rings. The van der Waals surface area contributed by atoms with E-state index >= 15 is 0 Å². The van der Waals surface area contributed by atoms with Gasteiger partial charge in [0, 0.05) is 23.4 Å². The van der Waals surface area contributed by atoms with Gasteiger partial charge in [-0.2, -0.15) is 5.26 Å². The maximum absolute atomic E-state index is 13.0. The highest BCUT2D eigenvalue weighted by Gasteiger charge is 2.31. The molecule has 164 valence electrons. The molecular formula is C23H29N5O3. The van der Waals surface area contributed by atoms with Crippen molar-refractivity contribution >= 4 is 28.6 Å². The summed E-state index contributed by atoms with van der Waals surface area (Å²) in [4.78, 5) is 40.7. The first-order chi connectivity index (χ1) is 14.7. The Hall–Kier alpha value is -3.34. The number of nitrogens with zero attached hydrogens (tertiary/aromatic N) is 1. The van der Waals surface area contributed by atoms with Crippen LogP contribution in [-0.2, 0) is 9.59 Å². The minimum Gasteiger partial charge on any atom is -0.356 e. The summed E-state index contributed by atoms with van der Waals surface area (Å²) in [5.74, 6) is -1.19. The van der Waals surface area contributed by atoms with Crippen LogP contribution in [0, 0.1) is 22.7 Å². The number of rotatable bonds is 7. The van der Waals surface area contributed by atoms with E-state index in [0.717, 1.165) is 10.9 Å². The van der Waals surface area contributed by atoms with Gasteiger partial charge in [-0.05, 0) is 36.8 Å². The van der Waals surface area contributed by atoms with Crippen LogP contribution in [0.15, 0.2) is 30.3 Å². The predicted octanol–water partition coefficient (Wildman–Crippen LogP) is 2.24. The van der Waals surface area contributed by atoms with E-state index in [1.165, 1.54) is 0 Å². The van der Waals surface area contributed by atoms with E-state index in [0.29, 0.717) is 25.1 Å². The number of nitrogens with one attached hydrogen (secondary N) is 4. The van der Waals surface area contributed by atoms with Crippen molar-refractivity contribution in [1.29, 1.82) is 5.26 Å². The van der Waals surface area contributed by atoms with Crippen molar-refractivity contribution in [2.24, 2.45) is 11.3 Å². The van der Waals surface area contributed by atoms with Gasteiger partial charge < -0.3 is 20.9 Å². The van der Waals surface area contributed by atoms with Crippen molar-refractivity contribution in [2.75, 3.05) is 6.54 Å². The fourth-order valence-corrected chi connectivity index (χ4v) is 3.82. The smallest absolute Gasteiger partial charge is 0.268 e. The molecule has 2 aromatic rings. The van der Waals surface area contributed by atoms with Crippen molar-refractivity contribution in [2.45, 2.75) is 52.1 Å². The van der Waals surface area contributed by atoms with Crippen molar-refractivity contribution < 1.29 is 14.4 Å². The first-order valence-electron chi connectivity index (χ1n) is 10.5. The van der Waals surface area contributed by atoms with Gasteiger partial charge in [-0.25, -0.2) is 0 Å². The molecule has 3 rings (SSSR count). The molecule has 8 heteroatoms. The molecule has 2 heterocycles. The number of nitriles is 1. The molecule has 1 fully saturated rings. The Morgan fingerprint density at radius 1 is 1.26 bits per heavy atom. The number of amides is 3. The summed E-state index contributed by atoms with van der Waals surface area (Å²) < 4.78 is 0. The predicted molar refractivity (Wildman–Crippen MR) is 117 cm³/mol. The molecule has 1 aromatic heterocycles. The highest BCUT2D eigenvalue weighted by Crippen LogP contribution is 2.22. The normalized spacial score (nSPS) is 18.1. The molecule has 1 aromatic carbocycles. The summed E-state index contributed by atoms with van der Waals surface area (Å²) in [5, 5.41) is 18.7. The average Bonchev–Trinajstić information content (AvgIpc) is 3.32. The summed E-state index contributed by atoms with van der Waals surface area (Å²) in [5.41, 5.74) is 0.972. The first kappa shape index (κ1) is 22.3. The van der Waals surface area contributed by atoms with E-state index in [-0.39, 0.29) is 29.6 Å². The van der Waals surface area contributed by atoms with Crippen molar-refractivity contribution in [3.63, 3.8) is 0 Å². The van der Waals surface area contributed by atoms with E-state index in [9.17, 15) is 19.6 Å². The Kier molecular flexibility index (Phi) is 6.64. The third kappa shape index (κ3) is 5.85. The lowest BCUT2D eigenvalue weighted by Crippen LogP contribution is -2.51. The summed E-state index contributed by atoms with van der Waals surface area (Å²) in [6, 6.07) is 9.75. The largest absolute Gasteiger partial charge is 0.356 e. The summed E-state index contributed by atoms with van der Waals surface area (Å²) in [6.45, 7) is 6.52. The van der Waals surface area contributed by atoms with Crippen LogP contribution in [0.2, 0.25) is 0 Å². The van der Waals surface area contributed by atoms with Gasteiger partial charge in [-0.3, -0.25) is 14.4 Å². The first-order valence-corrected chi connectivity index (χ1v) is 10.5. The van der Waals surface area contributed by atoms with Gasteiger partial charge in [0.15, 0.2) is 0 Å². The number of aromatic nitrogens is 1. The molecule has 0 saturated carbocycles. The standard InChI is InChI=1S/C23H29N5O3/c1-23(2,3)12-19(22(31)26-16(13-24)10-15-8-9-25-20(15)29)28-21(30)18-11-14-6-4-5-7-17(14)27-18/h4-7,11,15-16,19,27H,8-10,12H2,1-3H3,(H,25,29)(H,26,31)(H,28,30)/t15-,16-,19-/m0/s1. The Morgan fingerprint density at radius 3 is 2.61 bits per heavy atom. The van der Waals surface area contributed by atoms with Crippen LogP contribution in [0.4, 0.5) is 0 Å². The molecule has 0 unspecified atom stereocenters. The Balaban J connectivity index is 1.71. The molecule has 3 atom stereocenters. The van der Waals surface area contributed by atoms with Crippen LogP contribution < -0.4 is 16.0 Å². The number of carbonyl (C=O) groups is 3. The van der Waals surface area contributed by atoms with Crippen LogP contribution in [-0.4, -0.2) is 41.3 Å². The molecule has 3 amide bonds. The fraction of sp³-hybridized carbons (Fsp3) is 0.478. The lowest BCUT2D eigenvalue weighted by atomic mass is 9.87. The van der Waals surface area contributed by atoms with Gasteiger partial charge in [0.2, 0.25) is 11.8 Å². The summed E-state index contributed by atoms with van der Waals surface area (Å²) in [7, 11) is 0. The molecule has 31 heavy (non-hydrogen) atoms. The number of benzene rings is 1. The average molecular weight is 424 g/mol. The highest BCUT2D eigenvalue weighted by atomic mass is 16.2. The number of hydrogen-bond acceptors (Lipinski definition) is 4. The van der Waals surface area contributed by atoms with Crippen molar-refractivity contribution in [1.82, 2.24) is 20.9 Å². The maximum Gasteiger partial charge on any atom is 0.268 e. The van der Waals surface area contributed by atoms with Crippen molar-refractivity contribution in [3.05, 3.63) is 36.0 Å². The fourth-order valence-electron chi connectivity index (χ4n) is 3.82. The number of carbonyl (C=O) groups excluding carboxylic acids is 3. The number of para-hydroxylation sites is 1. The number of aromatic amines is 1.